The molecular weight excluding hydrogens is 237 g/mol. The van der Waals surface area contributed by atoms with Gasteiger partial charge in [-0.05, 0) is 12.1 Å². The Balaban J connectivity index is 1.94. The fourth-order valence-corrected chi connectivity index (χ4v) is 2.42. The second-order valence-corrected chi connectivity index (χ2v) is 4.56. The second kappa shape index (κ2) is 4.18. The smallest absolute Gasteiger partial charge is 0.217 e. The Morgan fingerprint density at radius 2 is 2.00 bits per heavy atom. The summed E-state index contributed by atoms with van der Waals surface area (Å²) in [4.78, 5) is 10.7. The average molecular weight is 245 g/mol. The van der Waals surface area contributed by atoms with E-state index in [9.17, 15) is 4.39 Å². The summed E-state index contributed by atoms with van der Waals surface area (Å²) in [5, 5.41) is 2.65. The van der Waals surface area contributed by atoms with Crippen LogP contribution in [0.2, 0.25) is 0 Å². The maximum Gasteiger partial charge on any atom is 0.217 e. The molecule has 3 aromatic rings. The van der Waals surface area contributed by atoms with Gasteiger partial charge in [0, 0.05) is 17.0 Å². The topological polar surface area (TPSA) is 41.6 Å². The molecule has 1 aromatic carbocycles. The Morgan fingerprint density at radius 1 is 1.12 bits per heavy atom. The standard InChI is InChI=1S/C12H8FN3S/c13-10-6-11(15-7-14-10)17-12-5-8-3-1-2-4-9(8)16-12/h1-7,16H. The summed E-state index contributed by atoms with van der Waals surface area (Å²) in [5.41, 5.74) is 1.06. The van der Waals surface area contributed by atoms with Gasteiger partial charge in [0.1, 0.15) is 11.4 Å². The fraction of sp³-hybridized carbons (Fsp3) is 0. The van der Waals surface area contributed by atoms with Crippen molar-refractivity contribution in [3.8, 4) is 0 Å². The van der Waals surface area contributed by atoms with Gasteiger partial charge in [-0.1, -0.05) is 30.0 Å². The number of hydrogen-bond donors (Lipinski definition) is 1. The SMILES string of the molecule is Fc1cc(Sc2cc3ccccc3[nH]2)ncn1. The molecule has 0 spiro atoms. The zero-order chi connectivity index (χ0) is 11.7. The van der Waals surface area contributed by atoms with Gasteiger partial charge in [-0.2, -0.15) is 4.39 Å². The van der Waals surface area contributed by atoms with Crippen LogP contribution >= 0.6 is 11.8 Å². The van der Waals surface area contributed by atoms with Crippen molar-refractivity contribution in [2.24, 2.45) is 0 Å². The molecule has 3 rings (SSSR count). The van der Waals surface area contributed by atoms with Crippen LogP contribution in [0.4, 0.5) is 4.39 Å². The molecule has 3 nitrogen and oxygen atoms in total. The summed E-state index contributed by atoms with van der Waals surface area (Å²) in [6.45, 7) is 0. The molecule has 5 heteroatoms. The van der Waals surface area contributed by atoms with E-state index in [1.54, 1.807) is 0 Å². The van der Waals surface area contributed by atoms with E-state index in [0.717, 1.165) is 15.9 Å². The van der Waals surface area contributed by atoms with Gasteiger partial charge in [-0.25, -0.2) is 9.97 Å². The van der Waals surface area contributed by atoms with Crippen LogP contribution < -0.4 is 0 Å². The highest BCUT2D eigenvalue weighted by atomic mass is 32.2. The predicted octanol–water partition coefficient (Wildman–Crippen LogP) is 3.25. The largest absolute Gasteiger partial charge is 0.349 e. The van der Waals surface area contributed by atoms with E-state index in [4.69, 9.17) is 0 Å². The van der Waals surface area contributed by atoms with Crippen LogP contribution in [0.3, 0.4) is 0 Å². The molecule has 2 heterocycles. The van der Waals surface area contributed by atoms with Gasteiger partial charge >= 0.3 is 0 Å². The molecule has 2 aromatic heterocycles. The first-order chi connectivity index (χ1) is 8.31. The number of hydrogen-bond acceptors (Lipinski definition) is 3. The summed E-state index contributed by atoms with van der Waals surface area (Å²) < 4.78 is 12.9. The van der Waals surface area contributed by atoms with Crippen molar-refractivity contribution in [3.05, 3.63) is 48.7 Å². The summed E-state index contributed by atoms with van der Waals surface area (Å²) in [5.74, 6) is -0.515. The molecule has 0 saturated heterocycles. The van der Waals surface area contributed by atoms with E-state index in [1.165, 1.54) is 24.2 Å². The number of aromatic amines is 1. The van der Waals surface area contributed by atoms with Crippen molar-refractivity contribution in [1.29, 1.82) is 0 Å². The highest BCUT2D eigenvalue weighted by Gasteiger charge is 2.04. The monoisotopic (exact) mass is 245 g/mol. The van der Waals surface area contributed by atoms with E-state index < -0.39 is 5.95 Å². The lowest BCUT2D eigenvalue weighted by atomic mass is 10.3. The summed E-state index contributed by atoms with van der Waals surface area (Å²) in [7, 11) is 0. The van der Waals surface area contributed by atoms with E-state index in [2.05, 4.69) is 15.0 Å². The molecule has 84 valence electrons. The van der Waals surface area contributed by atoms with Crippen molar-refractivity contribution < 1.29 is 4.39 Å². The van der Waals surface area contributed by atoms with Crippen molar-refractivity contribution in [1.82, 2.24) is 15.0 Å². The lowest BCUT2D eigenvalue weighted by Gasteiger charge is -1.96. The van der Waals surface area contributed by atoms with Gasteiger partial charge < -0.3 is 4.98 Å². The van der Waals surface area contributed by atoms with Crippen LogP contribution in [0.5, 0.6) is 0 Å². The lowest BCUT2D eigenvalue weighted by Crippen LogP contribution is -1.86. The summed E-state index contributed by atoms with van der Waals surface area (Å²) >= 11 is 1.38. The first kappa shape index (κ1) is 10.3. The molecule has 0 amide bonds. The highest BCUT2D eigenvalue weighted by Crippen LogP contribution is 2.28. The second-order valence-electron chi connectivity index (χ2n) is 3.50. The van der Waals surface area contributed by atoms with E-state index >= 15 is 0 Å². The van der Waals surface area contributed by atoms with Gasteiger partial charge in [0.15, 0.2) is 0 Å². The van der Waals surface area contributed by atoms with Crippen LogP contribution in [0, 0.1) is 5.95 Å². The molecule has 0 fully saturated rings. The third-order valence-electron chi connectivity index (χ3n) is 2.33. The Kier molecular flexibility index (Phi) is 2.53. The van der Waals surface area contributed by atoms with Crippen molar-refractivity contribution in [2.45, 2.75) is 10.1 Å². The van der Waals surface area contributed by atoms with E-state index in [1.807, 2.05) is 30.3 Å². The minimum Gasteiger partial charge on any atom is -0.349 e. The Hall–Kier alpha value is -1.88. The fourth-order valence-electron chi connectivity index (χ4n) is 1.59. The molecule has 0 aliphatic heterocycles. The van der Waals surface area contributed by atoms with Crippen LogP contribution in [0.15, 0.2) is 52.8 Å². The van der Waals surface area contributed by atoms with Crippen molar-refractivity contribution in [2.75, 3.05) is 0 Å². The normalized spacial score (nSPS) is 10.9. The molecule has 0 radical (unpaired) electrons. The molecule has 0 aliphatic carbocycles. The number of nitrogens with one attached hydrogen (secondary N) is 1. The first-order valence-corrected chi connectivity index (χ1v) is 5.86. The minimum absolute atomic E-state index is 0.515. The summed E-state index contributed by atoms with van der Waals surface area (Å²) in [6, 6.07) is 11.3. The first-order valence-electron chi connectivity index (χ1n) is 5.04. The van der Waals surface area contributed by atoms with Gasteiger partial charge in [0.05, 0.1) is 5.03 Å². The van der Waals surface area contributed by atoms with Crippen LogP contribution in [-0.4, -0.2) is 15.0 Å². The number of aromatic nitrogens is 3. The Labute approximate surface area is 101 Å². The summed E-state index contributed by atoms with van der Waals surface area (Å²) in [6.07, 6.45) is 1.22. The third-order valence-corrected chi connectivity index (χ3v) is 3.20. The molecule has 17 heavy (non-hydrogen) atoms. The Bertz CT molecular complexity index is 632. The third kappa shape index (κ3) is 2.14. The van der Waals surface area contributed by atoms with Crippen molar-refractivity contribution >= 4 is 22.7 Å². The number of para-hydroxylation sites is 1. The molecular formula is C12H8FN3S. The number of nitrogens with zero attached hydrogens (tertiary/aromatic N) is 2. The number of H-pyrrole nitrogens is 1. The van der Waals surface area contributed by atoms with E-state index in [0.29, 0.717) is 5.03 Å². The van der Waals surface area contributed by atoms with Gasteiger partial charge in [-0.3, -0.25) is 0 Å². The predicted molar refractivity (Wildman–Crippen MR) is 64.4 cm³/mol. The molecule has 0 bridgehead atoms. The van der Waals surface area contributed by atoms with E-state index in [-0.39, 0.29) is 0 Å². The van der Waals surface area contributed by atoms with Gasteiger partial charge in [0.25, 0.3) is 0 Å². The molecule has 1 N–H and O–H groups in total. The number of halogens is 1. The van der Waals surface area contributed by atoms with Crippen LogP contribution in [-0.2, 0) is 0 Å². The maximum absolute atomic E-state index is 12.9. The molecule has 0 aliphatic rings. The number of rotatable bonds is 2. The van der Waals surface area contributed by atoms with Crippen LogP contribution in [0.1, 0.15) is 0 Å². The number of benzene rings is 1. The lowest BCUT2D eigenvalue weighted by molar-refractivity contribution is 0.572. The van der Waals surface area contributed by atoms with Crippen LogP contribution in [0.25, 0.3) is 10.9 Å². The Morgan fingerprint density at radius 3 is 2.82 bits per heavy atom. The minimum atomic E-state index is -0.515. The van der Waals surface area contributed by atoms with Gasteiger partial charge in [0.2, 0.25) is 5.95 Å². The zero-order valence-electron chi connectivity index (χ0n) is 8.72. The number of fused-ring (bicyclic) bond motifs is 1. The maximum atomic E-state index is 12.9. The quantitative estimate of drug-likeness (QED) is 0.705. The molecule has 0 atom stereocenters. The zero-order valence-corrected chi connectivity index (χ0v) is 9.54. The average Bonchev–Trinajstić information content (AvgIpc) is 2.71. The highest BCUT2D eigenvalue weighted by molar-refractivity contribution is 7.99. The molecule has 0 unspecified atom stereocenters. The van der Waals surface area contributed by atoms with Crippen molar-refractivity contribution in [3.63, 3.8) is 0 Å². The van der Waals surface area contributed by atoms with Gasteiger partial charge in [-0.15, -0.1) is 0 Å². The molecule has 0 saturated carbocycles.